The summed E-state index contributed by atoms with van der Waals surface area (Å²) in [5.41, 5.74) is 3.52. The lowest BCUT2D eigenvalue weighted by Gasteiger charge is -2.12. The van der Waals surface area contributed by atoms with Gasteiger partial charge in [-0.1, -0.05) is 36.9 Å². The molecule has 0 aromatic heterocycles. The first-order valence-corrected chi connectivity index (χ1v) is 8.16. The highest BCUT2D eigenvalue weighted by Gasteiger charge is 2.10. The van der Waals surface area contributed by atoms with Crippen molar-refractivity contribution in [2.45, 2.75) is 43.5 Å². The van der Waals surface area contributed by atoms with Gasteiger partial charge in [-0.3, -0.25) is 0 Å². The summed E-state index contributed by atoms with van der Waals surface area (Å²) in [4.78, 5) is 1.81. The highest BCUT2D eigenvalue weighted by Crippen LogP contribution is 2.33. The van der Waals surface area contributed by atoms with Crippen molar-refractivity contribution >= 4 is 11.8 Å². The Morgan fingerprint density at radius 3 is 2.62 bits per heavy atom. The number of benzene rings is 2. The molecule has 0 saturated heterocycles. The van der Waals surface area contributed by atoms with Gasteiger partial charge >= 0.3 is 0 Å². The van der Waals surface area contributed by atoms with Crippen LogP contribution < -0.4 is 5.32 Å². The third kappa shape index (κ3) is 4.32. The van der Waals surface area contributed by atoms with E-state index >= 15 is 0 Å². The molecule has 112 valence electrons. The van der Waals surface area contributed by atoms with Crippen LogP contribution in [-0.4, -0.2) is 6.54 Å². The normalized spacial score (nSPS) is 10.9. The zero-order valence-corrected chi connectivity index (χ0v) is 13.7. The maximum Gasteiger partial charge on any atom is 0.137 e. The zero-order valence-electron chi connectivity index (χ0n) is 12.9. The molecular weight excluding hydrogens is 281 g/mol. The Hall–Kier alpha value is -1.32. The maximum absolute atomic E-state index is 14.2. The van der Waals surface area contributed by atoms with E-state index in [4.69, 9.17) is 0 Å². The SMILES string of the molecule is CCCNCc1cccc(F)c1Sc1ccc(C)c(C)c1. The Balaban J connectivity index is 2.23. The molecular formula is C18H22FNS. The predicted molar refractivity (Wildman–Crippen MR) is 88.4 cm³/mol. The van der Waals surface area contributed by atoms with E-state index in [1.54, 1.807) is 6.07 Å². The van der Waals surface area contributed by atoms with Crippen molar-refractivity contribution < 1.29 is 4.39 Å². The van der Waals surface area contributed by atoms with Crippen LogP contribution in [0.3, 0.4) is 0 Å². The Morgan fingerprint density at radius 2 is 1.90 bits per heavy atom. The molecule has 0 atom stereocenters. The summed E-state index contributed by atoms with van der Waals surface area (Å²) in [6, 6.07) is 11.6. The Kier molecular flexibility index (Phi) is 5.83. The molecule has 2 aromatic rings. The molecule has 3 heteroatoms. The van der Waals surface area contributed by atoms with Gasteiger partial charge in [-0.15, -0.1) is 0 Å². The summed E-state index contributed by atoms with van der Waals surface area (Å²) in [6.07, 6.45) is 1.08. The number of hydrogen-bond acceptors (Lipinski definition) is 2. The van der Waals surface area contributed by atoms with Crippen molar-refractivity contribution in [2.24, 2.45) is 0 Å². The van der Waals surface area contributed by atoms with Gasteiger partial charge in [0.2, 0.25) is 0 Å². The van der Waals surface area contributed by atoms with Gasteiger partial charge in [-0.05, 0) is 61.7 Å². The minimum Gasteiger partial charge on any atom is -0.313 e. The fourth-order valence-electron chi connectivity index (χ4n) is 2.10. The van der Waals surface area contributed by atoms with Gasteiger partial charge in [-0.25, -0.2) is 4.39 Å². The van der Waals surface area contributed by atoms with Crippen LogP contribution >= 0.6 is 11.8 Å². The largest absolute Gasteiger partial charge is 0.313 e. The van der Waals surface area contributed by atoms with Crippen molar-refractivity contribution in [1.82, 2.24) is 5.32 Å². The minimum absolute atomic E-state index is 0.144. The Labute approximate surface area is 131 Å². The van der Waals surface area contributed by atoms with Gasteiger partial charge in [0.25, 0.3) is 0 Å². The van der Waals surface area contributed by atoms with E-state index in [1.807, 2.05) is 6.07 Å². The summed E-state index contributed by atoms with van der Waals surface area (Å²) in [5.74, 6) is -0.144. The van der Waals surface area contributed by atoms with E-state index in [9.17, 15) is 4.39 Å². The van der Waals surface area contributed by atoms with Crippen LogP contribution in [0.15, 0.2) is 46.2 Å². The number of rotatable bonds is 6. The molecule has 21 heavy (non-hydrogen) atoms. The third-order valence-electron chi connectivity index (χ3n) is 3.49. The Bertz CT molecular complexity index is 610. The molecule has 0 aliphatic carbocycles. The minimum atomic E-state index is -0.144. The summed E-state index contributed by atoms with van der Waals surface area (Å²) in [6.45, 7) is 7.96. The molecule has 0 bridgehead atoms. The smallest absolute Gasteiger partial charge is 0.137 e. The first-order chi connectivity index (χ1) is 10.1. The van der Waals surface area contributed by atoms with Crippen LogP contribution in [0.1, 0.15) is 30.0 Å². The lowest BCUT2D eigenvalue weighted by atomic mass is 10.1. The van der Waals surface area contributed by atoms with Crippen LogP contribution in [-0.2, 0) is 6.54 Å². The second kappa shape index (κ2) is 7.62. The molecule has 0 spiro atoms. The molecule has 0 radical (unpaired) electrons. The highest BCUT2D eigenvalue weighted by molar-refractivity contribution is 7.99. The standard InChI is InChI=1S/C18H22FNS/c1-4-10-20-12-15-6-5-7-17(19)18(15)21-16-9-8-13(2)14(3)11-16/h5-9,11,20H,4,10,12H2,1-3H3. The van der Waals surface area contributed by atoms with Crippen LogP contribution in [0.5, 0.6) is 0 Å². The monoisotopic (exact) mass is 303 g/mol. The van der Waals surface area contributed by atoms with Gasteiger partial charge in [0, 0.05) is 11.4 Å². The lowest BCUT2D eigenvalue weighted by Crippen LogP contribution is -2.14. The van der Waals surface area contributed by atoms with Crippen molar-refractivity contribution in [1.29, 1.82) is 0 Å². The molecule has 0 fully saturated rings. The van der Waals surface area contributed by atoms with Gasteiger partial charge in [-0.2, -0.15) is 0 Å². The first kappa shape index (κ1) is 16.1. The van der Waals surface area contributed by atoms with Crippen LogP contribution in [0.25, 0.3) is 0 Å². The van der Waals surface area contributed by atoms with Crippen molar-refractivity contribution in [3.8, 4) is 0 Å². The first-order valence-electron chi connectivity index (χ1n) is 7.35. The molecule has 1 N–H and O–H groups in total. The lowest BCUT2D eigenvalue weighted by molar-refractivity contribution is 0.589. The molecule has 2 aromatic carbocycles. The highest BCUT2D eigenvalue weighted by atomic mass is 32.2. The van der Waals surface area contributed by atoms with E-state index in [0.717, 1.165) is 28.3 Å². The summed E-state index contributed by atoms with van der Waals surface area (Å²) in [5, 5.41) is 3.35. The van der Waals surface area contributed by atoms with Crippen molar-refractivity contribution in [2.75, 3.05) is 6.54 Å². The van der Waals surface area contributed by atoms with Gasteiger partial charge in [0.15, 0.2) is 0 Å². The van der Waals surface area contributed by atoms with E-state index in [0.29, 0.717) is 6.54 Å². The van der Waals surface area contributed by atoms with Crippen LogP contribution in [0, 0.1) is 19.7 Å². The van der Waals surface area contributed by atoms with Crippen molar-refractivity contribution in [3.63, 3.8) is 0 Å². The number of hydrogen-bond donors (Lipinski definition) is 1. The summed E-state index contributed by atoms with van der Waals surface area (Å²) in [7, 11) is 0. The average Bonchev–Trinajstić information content (AvgIpc) is 2.46. The fraction of sp³-hybridized carbons (Fsp3) is 0.333. The quantitative estimate of drug-likeness (QED) is 0.746. The van der Waals surface area contributed by atoms with Gasteiger partial charge < -0.3 is 5.32 Å². The number of halogens is 1. The molecule has 0 aliphatic rings. The topological polar surface area (TPSA) is 12.0 Å². The number of nitrogens with one attached hydrogen (secondary N) is 1. The number of aryl methyl sites for hydroxylation is 2. The molecule has 0 aliphatic heterocycles. The van der Waals surface area contributed by atoms with Gasteiger partial charge in [0.1, 0.15) is 5.82 Å². The second-order valence-corrected chi connectivity index (χ2v) is 6.34. The van der Waals surface area contributed by atoms with E-state index in [-0.39, 0.29) is 5.82 Å². The van der Waals surface area contributed by atoms with E-state index in [1.165, 1.54) is 29.0 Å². The van der Waals surface area contributed by atoms with Gasteiger partial charge in [0.05, 0.1) is 4.90 Å². The molecule has 2 rings (SSSR count). The molecule has 1 nitrogen and oxygen atoms in total. The zero-order chi connectivity index (χ0) is 15.2. The average molecular weight is 303 g/mol. The fourth-order valence-corrected chi connectivity index (χ4v) is 3.15. The summed E-state index contributed by atoms with van der Waals surface area (Å²) >= 11 is 1.51. The third-order valence-corrected chi connectivity index (χ3v) is 4.64. The molecule has 0 unspecified atom stereocenters. The molecule has 0 heterocycles. The van der Waals surface area contributed by atoms with Crippen LogP contribution in [0.4, 0.5) is 4.39 Å². The second-order valence-electron chi connectivity index (χ2n) is 5.25. The maximum atomic E-state index is 14.2. The van der Waals surface area contributed by atoms with Crippen LogP contribution in [0.2, 0.25) is 0 Å². The van der Waals surface area contributed by atoms with Crippen molar-refractivity contribution in [3.05, 3.63) is 58.9 Å². The van der Waals surface area contributed by atoms with E-state index < -0.39 is 0 Å². The molecule has 0 saturated carbocycles. The molecule has 0 amide bonds. The predicted octanol–water partition coefficient (Wildman–Crippen LogP) is 5.09. The Morgan fingerprint density at radius 1 is 1.10 bits per heavy atom. The summed E-state index contributed by atoms with van der Waals surface area (Å²) < 4.78 is 14.2. The van der Waals surface area contributed by atoms with E-state index in [2.05, 4.69) is 44.3 Å².